The summed E-state index contributed by atoms with van der Waals surface area (Å²) in [6, 6.07) is 9.11. The van der Waals surface area contributed by atoms with Crippen molar-refractivity contribution in [2.24, 2.45) is 0 Å². The van der Waals surface area contributed by atoms with Gasteiger partial charge < -0.3 is 0 Å². The van der Waals surface area contributed by atoms with E-state index in [4.69, 9.17) is 0 Å². The molecule has 7 nitrogen and oxygen atoms in total. The van der Waals surface area contributed by atoms with Gasteiger partial charge in [-0.15, -0.1) is 0 Å². The van der Waals surface area contributed by atoms with E-state index < -0.39 is 21.9 Å². The Morgan fingerprint density at radius 1 is 1.14 bits per heavy atom. The Labute approximate surface area is 162 Å². The van der Waals surface area contributed by atoms with Crippen molar-refractivity contribution in [3.05, 3.63) is 66.0 Å². The van der Waals surface area contributed by atoms with Crippen molar-refractivity contribution in [2.45, 2.75) is 31.1 Å². The molecule has 0 radical (unpaired) electrons. The Balaban J connectivity index is 1.61. The first-order valence-corrected chi connectivity index (χ1v) is 10.7. The average Bonchev–Trinajstić information content (AvgIpc) is 3.20. The van der Waals surface area contributed by atoms with Crippen LogP contribution in [0.15, 0.2) is 48.8 Å². The Morgan fingerprint density at radius 3 is 2.71 bits per heavy atom. The molecule has 1 N–H and O–H groups in total. The van der Waals surface area contributed by atoms with Crippen LogP contribution >= 0.6 is 0 Å². The number of benzene rings is 1. The number of sulfonamides is 1. The molecule has 1 atom stereocenters. The standard InChI is InChI=1S/C19H20FN5O2S/c20-16-6-2-1-5-15(16)13-28(26,27)25-12-4-3-7-17(25)19-22-18(23-24-19)14-8-10-21-11-9-14/h1-2,5-6,8-11,17H,3-4,7,12-13H2,(H,22,23,24). The zero-order valence-corrected chi connectivity index (χ0v) is 15.9. The molecule has 1 aromatic carbocycles. The van der Waals surface area contributed by atoms with E-state index in [0.29, 0.717) is 24.6 Å². The van der Waals surface area contributed by atoms with Crippen LogP contribution in [0, 0.1) is 5.82 Å². The number of nitrogens with zero attached hydrogens (tertiary/aromatic N) is 4. The highest BCUT2D eigenvalue weighted by molar-refractivity contribution is 7.88. The molecule has 1 aliphatic heterocycles. The summed E-state index contributed by atoms with van der Waals surface area (Å²) in [7, 11) is -3.72. The number of H-pyrrole nitrogens is 1. The van der Waals surface area contributed by atoms with Crippen LogP contribution in [-0.2, 0) is 15.8 Å². The number of rotatable bonds is 5. The summed E-state index contributed by atoms with van der Waals surface area (Å²) in [5, 5.41) is 7.12. The molecular formula is C19H20FN5O2S. The largest absolute Gasteiger partial charge is 0.265 e. The van der Waals surface area contributed by atoms with E-state index in [2.05, 4.69) is 20.2 Å². The average molecular weight is 401 g/mol. The molecule has 1 fully saturated rings. The van der Waals surface area contributed by atoms with E-state index in [0.717, 1.165) is 18.4 Å². The molecule has 4 rings (SSSR count). The minimum atomic E-state index is -3.72. The molecule has 9 heteroatoms. The van der Waals surface area contributed by atoms with Crippen molar-refractivity contribution in [1.29, 1.82) is 0 Å². The number of piperidine rings is 1. The summed E-state index contributed by atoms with van der Waals surface area (Å²) < 4.78 is 41.5. The Kier molecular flexibility index (Phi) is 5.19. The minimum Gasteiger partial charge on any atom is -0.265 e. The number of aromatic nitrogens is 4. The zero-order chi connectivity index (χ0) is 19.6. The van der Waals surface area contributed by atoms with E-state index >= 15 is 0 Å². The van der Waals surface area contributed by atoms with Gasteiger partial charge in [0.15, 0.2) is 5.82 Å². The zero-order valence-electron chi connectivity index (χ0n) is 15.1. The minimum absolute atomic E-state index is 0.168. The highest BCUT2D eigenvalue weighted by Gasteiger charge is 2.35. The predicted octanol–water partition coefficient (Wildman–Crippen LogP) is 3.06. The maximum atomic E-state index is 14.0. The van der Waals surface area contributed by atoms with Gasteiger partial charge in [-0.25, -0.2) is 17.8 Å². The van der Waals surface area contributed by atoms with Crippen LogP contribution in [0.25, 0.3) is 11.4 Å². The van der Waals surface area contributed by atoms with Gasteiger partial charge in [-0.3, -0.25) is 10.1 Å². The first-order valence-electron chi connectivity index (χ1n) is 9.10. The topological polar surface area (TPSA) is 91.8 Å². The molecule has 0 bridgehead atoms. The monoisotopic (exact) mass is 401 g/mol. The molecule has 3 heterocycles. The van der Waals surface area contributed by atoms with E-state index in [1.165, 1.54) is 16.4 Å². The molecule has 1 aliphatic rings. The molecule has 0 spiro atoms. The van der Waals surface area contributed by atoms with Crippen LogP contribution < -0.4 is 0 Å². The van der Waals surface area contributed by atoms with Crippen LogP contribution in [0.2, 0.25) is 0 Å². The molecule has 2 aromatic heterocycles. The summed E-state index contributed by atoms with van der Waals surface area (Å²) in [6.45, 7) is 0.382. The van der Waals surface area contributed by atoms with E-state index in [1.54, 1.807) is 36.7 Å². The number of halogens is 1. The van der Waals surface area contributed by atoms with Crippen LogP contribution in [0.5, 0.6) is 0 Å². The van der Waals surface area contributed by atoms with Crippen molar-refractivity contribution in [3.63, 3.8) is 0 Å². The fraction of sp³-hybridized carbons (Fsp3) is 0.316. The summed E-state index contributed by atoms with van der Waals surface area (Å²) in [5.74, 6) is 0.110. The lowest BCUT2D eigenvalue weighted by molar-refractivity contribution is 0.246. The van der Waals surface area contributed by atoms with E-state index in [-0.39, 0.29) is 11.3 Å². The van der Waals surface area contributed by atoms with Crippen molar-refractivity contribution >= 4 is 10.0 Å². The van der Waals surface area contributed by atoms with Crippen LogP contribution in [0.4, 0.5) is 4.39 Å². The van der Waals surface area contributed by atoms with Gasteiger partial charge in [0.05, 0.1) is 11.8 Å². The number of pyridine rings is 1. The Bertz CT molecular complexity index is 1050. The molecule has 0 amide bonds. The van der Waals surface area contributed by atoms with Gasteiger partial charge in [0.1, 0.15) is 11.6 Å². The Hall–Kier alpha value is -2.65. The number of hydrogen-bond acceptors (Lipinski definition) is 5. The molecule has 1 unspecified atom stereocenters. The van der Waals surface area contributed by atoms with Crippen molar-refractivity contribution in [3.8, 4) is 11.4 Å². The normalized spacial score (nSPS) is 18.2. The first-order chi connectivity index (χ1) is 13.5. The summed E-state index contributed by atoms with van der Waals surface area (Å²) in [6.07, 6.45) is 5.59. The van der Waals surface area contributed by atoms with Gasteiger partial charge in [0, 0.05) is 30.1 Å². The molecular weight excluding hydrogens is 381 g/mol. The maximum absolute atomic E-state index is 14.0. The van der Waals surface area contributed by atoms with Crippen LogP contribution in [0.1, 0.15) is 36.7 Å². The third-order valence-electron chi connectivity index (χ3n) is 4.86. The summed E-state index contributed by atoms with van der Waals surface area (Å²) >= 11 is 0. The quantitative estimate of drug-likeness (QED) is 0.709. The number of nitrogens with one attached hydrogen (secondary N) is 1. The van der Waals surface area contributed by atoms with Gasteiger partial charge in [0.25, 0.3) is 0 Å². The lowest BCUT2D eigenvalue weighted by Gasteiger charge is -2.33. The van der Waals surface area contributed by atoms with Crippen molar-refractivity contribution in [1.82, 2.24) is 24.5 Å². The van der Waals surface area contributed by atoms with Gasteiger partial charge >= 0.3 is 0 Å². The summed E-state index contributed by atoms with van der Waals surface area (Å²) in [4.78, 5) is 8.49. The van der Waals surface area contributed by atoms with E-state index in [1.807, 2.05) is 0 Å². The second-order valence-electron chi connectivity index (χ2n) is 6.75. The SMILES string of the molecule is O=S(=O)(Cc1ccccc1F)N1CCCCC1c1nc(-c2ccncc2)n[nH]1. The fourth-order valence-electron chi connectivity index (χ4n) is 3.46. The highest BCUT2D eigenvalue weighted by Crippen LogP contribution is 2.33. The molecule has 1 saturated heterocycles. The van der Waals surface area contributed by atoms with Crippen LogP contribution in [-0.4, -0.2) is 39.4 Å². The fourth-order valence-corrected chi connectivity index (χ4v) is 5.25. The second kappa shape index (κ2) is 7.76. The smallest absolute Gasteiger partial charge is 0.219 e. The number of hydrogen-bond donors (Lipinski definition) is 1. The Morgan fingerprint density at radius 2 is 1.93 bits per heavy atom. The van der Waals surface area contributed by atoms with Crippen LogP contribution in [0.3, 0.4) is 0 Å². The van der Waals surface area contributed by atoms with Gasteiger partial charge in [-0.1, -0.05) is 24.6 Å². The number of aromatic amines is 1. The molecule has 28 heavy (non-hydrogen) atoms. The highest BCUT2D eigenvalue weighted by atomic mass is 32.2. The lowest BCUT2D eigenvalue weighted by atomic mass is 10.0. The second-order valence-corrected chi connectivity index (χ2v) is 8.67. The first kappa shape index (κ1) is 18.7. The van der Waals surface area contributed by atoms with Gasteiger partial charge in [-0.2, -0.15) is 9.40 Å². The predicted molar refractivity (Wildman–Crippen MR) is 102 cm³/mol. The molecule has 146 valence electrons. The lowest BCUT2D eigenvalue weighted by Crippen LogP contribution is -2.39. The maximum Gasteiger partial charge on any atom is 0.219 e. The van der Waals surface area contributed by atoms with Gasteiger partial charge in [0.2, 0.25) is 10.0 Å². The summed E-state index contributed by atoms with van der Waals surface area (Å²) in [5.41, 5.74) is 0.968. The molecule has 3 aromatic rings. The van der Waals surface area contributed by atoms with Gasteiger partial charge in [-0.05, 0) is 31.0 Å². The molecule has 0 aliphatic carbocycles. The third-order valence-corrected chi connectivity index (χ3v) is 6.69. The third kappa shape index (κ3) is 3.81. The molecule has 0 saturated carbocycles. The van der Waals surface area contributed by atoms with E-state index in [9.17, 15) is 12.8 Å². The van der Waals surface area contributed by atoms with Crippen molar-refractivity contribution in [2.75, 3.05) is 6.54 Å². The van der Waals surface area contributed by atoms with Crippen molar-refractivity contribution < 1.29 is 12.8 Å².